The van der Waals surface area contributed by atoms with Gasteiger partial charge in [0.15, 0.2) is 0 Å². The van der Waals surface area contributed by atoms with Crippen molar-refractivity contribution in [3.63, 3.8) is 0 Å². The van der Waals surface area contributed by atoms with Crippen LogP contribution in [0.2, 0.25) is 0 Å². The Labute approximate surface area is 135 Å². The second-order valence-corrected chi connectivity index (χ2v) is 3.65. The Morgan fingerprint density at radius 2 is 0.944 bits per heavy atom. The fraction of sp³-hybridized carbons (Fsp3) is 0. The molecule has 88 valence electrons. The van der Waals surface area contributed by atoms with Gasteiger partial charge in [-0.2, -0.15) is 0 Å². The molecular formula is C15H14CaO2. The van der Waals surface area contributed by atoms with E-state index in [1.54, 1.807) is 0 Å². The molecule has 18 heavy (non-hydrogen) atoms. The van der Waals surface area contributed by atoms with E-state index >= 15 is 0 Å². The Morgan fingerprint density at radius 1 is 0.722 bits per heavy atom. The van der Waals surface area contributed by atoms with Gasteiger partial charge in [-0.3, -0.25) is 4.79 Å². The Morgan fingerprint density at radius 3 is 1.17 bits per heavy atom. The van der Waals surface area contributed by atoms with Crippen molar-refractivity contribution < 1.29 is 9.90 Å². The zero-order valence-electron chi connectivity index (χ0n) is 9.21. The van der Waals surface area contributed by atoms with Crippen LogP contribution in [0.15, 0.2) is 60.7 Å². The fourth-order valence-electron chi connectivity index (χ4n) is 1.88. The molecule has 0 radical (unpaired) electrons. The van der Waals surface area contributed by atoms with Crippen molar-refractivity contribution in [3.8, 4) is 0 Å². The third-order valence-electron chi connectivity index (χ3n) is 2.61. The van der Waals surface area contributed by atoms with Crippen LogP contribution in [0.3, 0.4) is 0 Å². The predicted octanol–water partition coefficient (Wildman–Crippen LogP) is 2.78. The average molecular weight is 266 g/mol. The molecule has 3 heteroatoms. The molecule has 0 aliphatic carbocycles. The number of fused-ring (bicyclic) bond motifs is 2. The van der Waals surface area contributed by atoms with Gasteiger partial charge in [0.25, 0.3) is 6.47 Å². The van der Waals surface area contributed by atoms with Crippen molar-refractivity contribution in [2.75, 3.05) is 0 Å². The summed E-state index contributed by atoms with van der Waals surface area (Å²) in [6.45, 7) is -0.250. The van der Waals surface area contributed by atoms with Gasteiger partial charge in [0, 0.05) is 0 Å². The molecule has 2 nitrogen and oxygen atoms in total. The Kier molecular flexibility index (Phi) is 6.13. The summed E-state index contributed by atoms with van der Waals surface area (Å²) in [5.41, 5.74) is 0. The third-order valence-corrected chi connectivity index (χ3v) is 2.61. The average Bonchev–Trinajstić information content (AvgIpc) is 2.37. The molecule has 0 fully saturated rings. The van der Waals surface area contributed by atoms with Crippen LogP contribution >= 0.6 is 0 Å². The first-order valence-electron chi connectivity index (χ1n) is 5.30. The van der Waals surface area contributed by atoms with E-state index in [1.807, 2.05) is 0 Å². The largest absolute Gasteiger partial charge is 0.0616 e. The summed E-state index contributed by atoms with van der Waals surface area (Å²) in [6, 6.07) is 21.4. The van der Waals surface area contributed by atoms with Gasteiger partial charge in [0.1, 0.15) is 0 Å². The van der Waals surface area contributed by atoms with E-state index in [9.17, 15) is 0 Å². The van der Waals surface area contributed by atoms with Crippen LogP contribution in [0.25, 0.3) is 21.5 Å². The minimum Gasteiger partial charge on any atom is -0.0616 e. The molecule has 3 rings (SSSR count). The maximum absolute atomic E-state index is 8.36. The van der Waals surface area contributed by atoms with Gasteiger partial charge in [0.05, 0.1) is 0 Å². The van der Waals surface area contributed by atoms with E-state index in [0.717, 1.165) is 0 Å². The molecule has 0 spiro atoms. The molecule has 0 aliphatic heterocycles. The maximum atomic E-state index is 8.36. The molecule has 0 bridgehead atoms. The van der Waals surface area contributed by atoms with Crippen LogP contribution in [-0.4, -0.2) is 49.3 Å². The normalized spacial score (nSPS) is 9.11. The summed E-state index contributed by atoms with van der Waals surface area (Å²) in [5, 5.41) is 12.1. The number of carboxylic acid groups (broad SMARTS) is 1. The van der Waals surface area contributed by atoms with Crippen LogP contribution in [0, 0.1) is 0 Å². The van der Waals surface area contributed by atoms with Crippen molar-refractivity contribution >= 4 is 65.8 Å². The van der Waals surface area contributed by atoms with Gasteiger partial charge in [-0.25, -0.2) is 0 Å². The third kappa shape index (κ3) is 3.45. The number of rotatable bonds is 0. The van der Waals surface area contributed by atoms with Gasteiger partial charge < -0.3 is 5.11 Å². The quantitative estimate of drug-likeness (QED) is 0.386. The molecule has 1 N–H and O–H groups in total. The molecule has 0 unspecified atom stereocenters. The molecule has 0 saturated heterocycles. The zero-order chi connectivity index (χ0) is 12.1. The van der Waals surface area contributed by atoms with Crippen molar-refractivity contribution in [3.05, 3.63) is 60.7 Å². The second kappa shape index (κ2) is 7.37. The Balaban J connectivity index is 0.000000372. The minimum absolute atomic E-state index is 0. The molecule has 0 aliphatic rings. The number of hydrogen-bond acceptors (Lipinski definition) is 1. The van der Waals surface area contributed by atoms with Crippen molar-refractivity contribution in [1.29, 1.82) is 0 Å². The van der Waals surface area contributed by atoms with Crippen LogP contribution in [0.5, 0.6) is 0 Å². The molecule has 0 atom stereocenters. The molecule has 3 aromatic carbocycles. The van der Waals surface area contributed by atoms with E-state index in [1.165, 1.54) is 21.5 Å². The number of benzene rings is 3. The summed E-state index contributed by atoms with van der Waals surface area (Å²) in [7, 11) is 0. The van der Waals surface area contributed by atoms with E-state index in [0.29, 0.717) is 0 Å². The van der Waals surface area contributed by atoms with Crippen molar-refractivity contribution in [2.45, 2.75) is 0 Å². The standard InChI is InChI=1S/C14H10.CH2O2.Ca.2H/c1-2-6-12-10-14-8-4-3-7-13(14)9-11(12)5-1;2-1-3;;;/h1-10H;1H,(H,2,3);;;. The first-order chi connectivity index (χ1) is 8.35. The topological polar surface area (TPSA) is 37.3 Å². The summed E-state index contributed by atoms with van der Waals surface area (Å²) < 4.78 is 0. The fourth-order valence-corrected chi connectivity index (χ4v) is 1.88. The van der Waals surface area contributed by atoms with Crippen LogP contribution < -0.4 is 0 Å². The van der Waals surface area contributed by atoms with E-state index in [2.05, 4.69) is 60.7 Å². The molecule has 3 aromatic rings. The smallest absolute Gasteiger partial charge is 0.0178 e. The van der Waals surface area contributed by atoms with Gasteiger partial charge in [0.2, 0.25) is 0 Å². The number of hydrogen-bond donors (Lipinski definition) is 1. The van der Waals surface area contributed by atoms with Crippen LogP contribution in [0.4, 0.5) is 0 Å². The zero-order valence-corrected chi connectivity index (χ0v) is 9.21. The summed E-state index contributed by atoms with van der Waals surface area (Å²) >= 11 is 0. The van der Waals surface area contributed by atoms with Crippen LogP contribution in [-0.2, 0) is 4.79 Å². The Bertz CT molecular complexity index is 545. The second-order valence-electron chi connectivity index (χ2n) is 3.65. The summed E-state index contributed by atoms with van der Waals surface area (Å²) in [5.74, 6) is 0. The van der Waals surface area contributed by atoms with Gasteiger partial charge >= 0.3 is 37.7 Å². The summed E-state index contributed by atoms with van der Waals surface area (Å²) in [6.07, 6.45) is 0. The first-order valence-corrected chi connectivity index (χ1v) is 5.30. The minimum atomic E-state index is -0.250. The van der Waals surface area contributed by atoms with Crippen LogP contribution in [0.1, 0.15) is 0 Å². The van der Waals surface area contributed by atoms with Crippen molar-refractivity contribution in [1.82, 2.24) is 0 Å². The Hall–Kier alpha value is -1.09. The van der Waals surface area contributed by atoms with Gasteiger partial charge in [-0.1, -0.05) is 48.5 Å². The van der Waals surface area contributed by atoms with E-state index < -0.39 is 0 Å². The molecule has 0 saturated carbocycles. The molecular weight excluding hydrogens is 252 g/mol. The van der Waals surface area contributed by atoms with E-state index in [4.69, 9.17) is 9.90 Å². The van der Waals surface area contributed by atoms with Gasteiger partial charge in [-0.15, -0.1) is 0 Å². The SMILES string of the molecule is O=CO.[CaH2].c1ccc2cc3ccccc3cc2c1. The van der Waals surface area contributed by atoms with Gasteiger partial charge in [-0.05, 0) is 33.7 Å². The van der Waals surface area contributed by atoms with Crippen molar-refractivity contribution in [2.24, 2.45) is 0 Å². The van der Waals surface area contributed by atoms with E-state index in [-0.39, 0.29) is 44.2 Å². The molecule has 0 amide bonds. The first kappa shape index (κ1) is 15.0. The maximum Gasteiger partial charge on any atom is -0.0178 e. The predicted molar refractivity (Wildman–Crippen MR) is 78.7 cm³/mol. The molecule has 0 aromatic heterocycles. The summed E-state index contributed by atoms with van der Waals surface area (Å²) in [4.78, 5) is 8.36. The monoisotopic (exact) mass is 266 g/mol. The molecule has 0 heterocycles. The number of carbonyl (C=O) groups is 1.